The van der Waals surface area contributed by atoms with Gasteiger partial charge in [0.05, 0.1) is 11.9 Å². The molecule has 2 aromatic carbocycles. The summed E-state index contributed by atoms with van der Waals surface area (Å²) in [7, 11) is -3.73. The van der Waals surface area contributed by atoms with Gasteiger partial charge >= 0.3 is 0 Å². The van der Waals surface area contributed by atoms with Crippen LogP contribution in [-0.4, -0.2) is 50.0 Å². The van der Waals surface area contributed by atoms with Gasteiger partial charge < -0.3 is 10.2 Å². The van der Waals surface area contributed by atoms with E-state index in [2.05, 4.69) is 27.9 Å². The third-order valence-corrected chi connectivity index (χ3v) is 8.43. The van der Waals surface area contributed by atoms with E-state index < -0.39 is 22.0 Å². The Kier molecular flexibility index (Phi) is 10.2. The Morgan fingerprint density at radius 3 is 2.33 bits per heavy atom. The first-order valence-electron chi connectivity index (χ1n) is 12.5. The van der Waals surface area contributed by atoms with E-state index in [1.165, 1.54) is 11.3 Å². The Morgan fingerprint density at radius 1 is 1.08 bits per heavy atom. The molecule has 2 amide bonds. The van der Waals surface area contributed by atoms with Crippen LogP contribution in [0.5, 0.6) is 0 Å². The summed E-state index contributed by atoms with van der Waals surface area (Å²) in [5.41, 5.74) is 2.37. The first-order chi connectivity index (χ1) is 17.1. The predicted octanol–water partition coefficient (Wildman–Crippen LogP) is 4.62. The van der Waals surface area contributed by atoms with Crippen molar-refractivity contribution in [2.24, 2.45) is 0 Å². The Hall–Kier alpha value is -2.14. The van der Waals surface area contributed by atoms with E-state index in [1.54, 1.807) is 24.3 Å². The maximum Gasteiger partial charge on any atom is 0.244 e. The van der Waals surface area contributed by atoms with Gasteiger partial charge in [-0.25, -0.2) is 8.42 Å². The highest BCUT2D eigenvalue weighted by Crippen LogP contribution is 2.22. The summed E-state index contributed by atoms with van der Waals surface area (Å²) in [4.78, 5) is 28.7. The van der Waals surface area contributed by atoms with Crippen molar-refractivity contribution in [3.63, 3.8) is 0 Å². The number of amides is 2. The number of halogens is 1. The Balaban J connectivity index is 1.90. The zero-order valence-electron chi connectivity index (χ0n) is 21.2. The number of hydrogen-bond donors (Lipinski definition) is 1. The molecule has 0 bridgehead atoms. The normalized spacial score (nSPS) is 15.2. The molecule has 0 saturated heterocycles. The number of aryl methyl sites for hydroxylation is 1. The third-order valence-electron chi connectivity index (χ3n) is 6.57. The summed E-state index contributed by atoms with van der Waals surface area (Å²) in [5, 5.41) is 3.16. The number of sulfonamides is 1. The molecule has 1 aliphatic rings. The van der Waals surface area contributed by atoms with Crippen LogP contribution in [0.1, 0.15) is 56.6 Å². The standard InChI is InChI=1S/C27H36IN3O4S/c1-4-25(27(33)29-23-11-6-5-7-12-23)30(18-21-10-8-9-20(2)17-21)26(32)19-31(36(3,34)35)24-15-13-22(28)14-16-24/h8-10,13-17,23,25H,4-7,11-12,18-19H2,1-3H3,(H,29,33). The molecule has 1 atom stereocenters. The van der Waals surface area contributed by atoms with Gasteiger partial charge in [0, 0.05) is 16.2 Å². The topological polar surface area (TPSA) is 86.8 Å². The van der Waals surface area contributed by atoms with E-state index in [0.717, 1.165) is 50.9 Å². The highest BCUT2D eigenvalue weighted by molar-refractivity contribution is 14.1. The molecular weight excluding hydrogens is 589 g/mol. The molecule has 0 radical (unpaired) electrons. The number of anilines is 1. The van der Waals surface area contributed by atoms with E-state index in [-0.39, 0.29) is 25.0 Å². The largest absolute Gasteiger partial charge is 0.352 e. The van der Waals surface area contributed by atoms with Gasteiger partial charge in [-0.15, -0.1) is 0 Å². The number of hydrogen-bond acceptors (Lipinski definition) is 4. The summed E-state index contributed by atoms with van der Waals surface area (Å²) < 4.78 is 27.4. The number of carbonyl (C=O) groups excluding carboxylic acids is 2. The molecule has 0 aromatic heterocycles. The zero-order chi connectivity index (χ0) is 26.3. The first kappa shape index (κ1) is 28.4. The van der Waals surface area contributed by atoms with E-state index in [1.807, 2.05) is 38.1 Å². The van der Waals surface area contributed by atoms with E-state index >= 15 is 0 Å². The lowest BCUT2D eigenvalue weighted by atomic mass is 9.95. The molecule has 1 unspecified atom stereocenters. The fourth-order valence-corrected chi connectivity index (χ4v) is 5.90. The van der Waals surface area contributed by atoms with Gasteiger partial charge in [0.15, 0.2) is 0 Å². The zero-order valence-corrected chi connectivity index (χ0v) is 24.2. The molecule has 7 nitrogen and oxygen atoms in total. The number of benzene rings is 2. The van der Waals surface area contributed by atoms with Gasteiger partial charge in [0.2, 0.25) is 21.8 Å². The van der Waals surface area contributed by atoms with Gasteiger partial charge in [0.1, 0.15) is 12.6 Å². The molecule has 0 heterocycles. The molecule has 196 valence electrons. The number of nitrogens with one attached hydrogen (secondary N) is 1. The molecule has 9 heteroatoms. The minimum absolute atomic E-state index is 0.121. The molecule has 1 N–H and O–H groups in total. The van der Waals surface area contributed by atoms with Crippen molar-refractivity contribution < 1.29 is 18.0 Å². The second-order valence-electron chi connectivity index (χ2n) is 9.52. The van der Waals surface area contributed by atoms with Crippen molar-refractivity contribution in [1.29, 1.82) is 0 Å². The lowest BCUT2D eigenvalue weighted by Crippen LogP contribution is -2.53. The molecule has 3 rings (SSSR count). The van der Waals surface area contributed by atoms with Gasteiger partial charge in [0.25, 0.3) is 0 Å². The van der Waals surface area contributed by atoms with Gasteiger partial charge in [-0.1, -0.05) is 56.0 Å². The van der Waals surface area contributed by atoms with Crippen molar-refractivity contribution >= 4 is 50.1 Å². The van der Waals surface area contributed by atoms with Gasteiger partial charge in [-0.05, 0) is 78.6 Å². The Labute approximate surface area is 228 Å². The molecule has 1 fully saturated rings. The summed E-state index contributed by atoms with van der Waals surface area (Å²) in [6, 6.07) is 14.2. The van der Waals surface area contributed by atoms with Crippen LogP contribution in [0.25, 0.3) is 0 Å². The van der Waals surface area contributed by atoms with Crippen molar-refractivity contribution in [2.45, 2.75) is 71.0 Å². The highest BCUT2D eigenvalue weighted by Gasteiger charge is 2.32. The monoisotopic (exact) mass is 625 g/mol. The Morgan fingerprint density at radius 2 is 1.75 bits per heavy atom. The minimum Gasteiger partial charge on any atom is -0.352 e. The first-order valence-corrected chi connectivity index (χ1v) is 15.4. The number of carbonyl (C=O) groups is 2. The highest BCUT2D eigenvalue weighted by atomic mass is 127. The molecule has 1 saturated carbocycles. The quantitative estimate of drug-likeness (QED) is 0.391. The number of nitrogens with zero attached hydrogens (tertiary/aromatic N) is 2. The Bertz CT molecular complexity index is 1150. The summed E-state index contributed by atoms with van der Waals surface area (Å²) >= 11 is 2.15. The van der Waals surface area contributed by atoms with Crippen molar-refractivity contribution in [2.75, 3.05) is 17.1 Å². The van der Waals surface area contributed by atoms with Crippen molar-refractivity contribution in [3.05, 3.63) is 63.2 Å². The SMILES string of the molecule is CCC(C(=O)NC1CCCCC1)N(Cc1cccc(C)c1)C(=O)CN(c1ccc(I)cc1)S(C)(=O)=O. The van der Waals surface area contributed by atoms with Crippen LogP contribution in [0.3, 0.4) is 0 Å². The average molecular weight is 626 g/mol. The van der Waals surface area contributed by atoms with Crippen LogP contribution in [0, 0.1) is 10.5 Å². The molecule has 0 aliphatic heterocycles. The summed E-state index contributed by atoms with van der Waals surface area (Å²) in [6.07, 6.45) is 6.78. The second kappa shape index (κ2) is 12.9. The smallest absolute Gasteiger partial charge is 0.244 e. The molecule has 0 spiro atoms. The fraction of sp³-hybridized carbons (Fsp3) is 0.481. The maximum atomic E-state index is 13.8. The van der Waals surface area contributed by atoms with Crippen molar-refractivity contribution in [1.82, 2.24) is 10.2 Å². The van der Waals surface area contributed by atoms with E-state index in [9.17, 15) is 18.0 Å². The second-order valence-corrected chi connectivity index (χ2v) is 12.7. The van der Waals surface area contributed by atoms with Gasteiger partial charge in [-0.3, -0.25) is 13.9 Å². The fourth-order valence-electron chi connectivity index (χ4n) is 4.69. The third kappa shape index (κ3) is 7.93. The van der Waals surface area contributed by atoms with Crippen LogP contribution >= 0.6 is 22.6 Å². The summed E-state index contributed by atoms with van der Waals surface area (Å²) in [5.74, 6) is -0.586. The lowest BCUT2D eigenvalue weighted by molar-refractivity contribution is -0.140. The van der Waals surface area contributed by atoms with Crippen LogP contribution in [-0.2, 0) is 26.2 Å². The van der Waals surface area contributed by atoms with E-state index in [4.69, 9.17) is 0 Å². The molecule has 1 aliphatic carbocycles. The lowest BCUT2D eigenvalue weighted by Gasteiger charge is -2.34. The predicted molar refractivity (Wildman–Crippen MR) is 152 cm³/mol. The molecule has 36 heavy (non-hydrogen) atoms. The van der Waals surface area contributed by atoms with E-state index in [0.29, 0.717) is 12.1 Å². The summed E-state index contributed by atoms with van der Waals surface area (Å²) in [6.45, 7) is 3.71. The maximum absolute atomic E-state index is 13.8. The van der Waals surface area contributed by atoms with Crippen LogP contribution < -0.4 is 9.62 Å². The average Bonchev–Trinajstić information content (AvgIpc) is 2.83. The van der Waals surface area contributed by atoms with Crippen LogP contribution in [0.4, 0.5) is 5.69 Å². The van der Waals surface area contributed by atoms with Crippen LogP contribution in [0.2, 0.25) is 0 Å². The van der Waals surface area contributed by atoms with Crippen LogP contribution in [0.15, 0.2) is 48.5 Å². The van der Waals surface area contributed by atoms with Crippen molar-refractivity contribution in [3.8, 4) is 0 Å². The molecule has 2 aromatic rings. The van der Waals surface area contributed by atoms with Gasteiger partial charge in [-0.2, -0.15) is 0 Å². The molecular formula is C27H36IN3O4S. The minimum atomic E-state index is -3.73. The number of rotatable bonds is 10.